The van der Waals surface area contributed by atoms with Gasteiger partial charge in [-0.2, -0.15) is 0 Å². The number of carbonyl (C=O) groups is 1. The van der Waals surface area contributed by atoms with E-state index in [-0.39, 0.29) is 17.0 Å². The molecule has 4 bridgehead atoms. The zero-order valence-corrected chi connectivity index (χ0v) is 14.1. The van der Waals surface area contributed by atoms with Gasteiger partial charge in [-0.15, -0.1) is 0 Å². The lowest BCUT2D eigenvalue weighted by molar-refractivity contribution is -0.138. The first-order chi connectivity index (χ1) is 10.5. The highest BCUT2D eigenvalue weighted by Crippen LogP contribution is 2.60. The van der Waals surface area contributed by atoms with Crippen LogP contribution < -0.4 is 0 Å². The maximum Gasteiger partial charge on any atom is 0.161 e. The maximum absolute atomic E-state index is 13.8. The predicted octanol–water partition coefficient (Wildman–Crippen LogP) is 5.39. The molecule has 0 radical (unpaired) electrons. The van der Waals surface area contributed by atoms with Crippen molar-refractivity contribution in [2.45, 2.75) is 38.5 Å². The quantitative estimate of drug-likeness (QED) is 0.659. The fourth-order valence-corrected chi connectivity index (χ4v) is 5.78. The van der Waals surface area contributed by atoms with E-state index >= 15 is 0 Å². The third-order valence-corrected chi connectivity index (χ3v) is 6.43. The fourth-order valence-electron chi connectivity index (χ4n) is 5.40. The minimum absolute atomic E-state index is 0.131. The third-order valence-electron chi connectivity index (χ3n) is 5.93. The Morgan fingerprint density at radius 1 is 1.14 bits per heavy atom. The van der Waals surface area contributed by atoms with Crippen LogP contribution in [0.2, 0.25) is 0 Å². The molecule has 0 amide bonds. The van der Waals surface area contributed by atoms with Gasteiger partial charge in [0.25, 0.3) is 0 Å². The van der Waals surface area contributed by atoms with E-state index < -0.39 is 0 Å². The molecule has 4 fully saturated rings. The Labute approximate surface area is 139 Å². The number of rotatable bonds is 3. The minimum atomic E-state index is -0.280. The van der Waals surface area contributed by atoms with Crippen LogP contribution >= 0.6 is 15.9 Å². The lowest BCUT2D eigenvalue weighted by atomic mass is 9.48. The molecule has 0 saturated heterocycles. The average Bonchev–Trinajstić information content (AvgIpc) is 2.46. The van der Waals surface area contributed by atoms with Crippen molar-refractivity contribution in [1.29, 1.82) is 0 Å². The third kappa shape index (κ3) is 2.47. The monoisotopic (exact) mass is 362 g/mol. The van der Waals surface area contributed by atoms with Crippen LogP contribution in [0, 0.1) is 29.0 Å². The summed E-state index contributed by atoms with van der Waals surface area (Å²) in [5.41, 5.74) is 0.348. The molecule has 4 aliphatic rings. The molecule has 4 aliphatic carbocycles. The van der Waals surface area contributed by atoms with Crippen molar-refractivity contribution in [3.63, 3.8) is 0 Å². The van der Waals surface area contributed by atoms with Crippen molar-refractivity contribution in [3.8, 4) is 0 Å². The zero-order chi connectivity index (χ0) is 15.3. The summed E-state index contributed by atoms with van der Waals surface area (Å²) in [6, 6.07) is 4.82. The Morgan fingerprint density at radius 3 is 2.32 bits per heavy atom. The molecule has 0 spiro atoms. The van der Waals surface area contributed by atoms with E-state index in [1.54, 1.807) is 24.3 Å². The molecule has 0 heterocycles. The second kappa shape index (κ2) is 5.30. The summed E-state index contributed by atoms with van der Waals surface area (Å²) in [6.07, 6.45) is 10.5. The predicted molar refractivity (Wildman–Crippen MR) is 88.7 cm³/mol. The summed E-state index contributed by atoms with van der Waals surface area (Å²) in [5.74, 6) is 2.22. The molecule has 116 valence electrons. The lowest BCUT2D eigenvalue weighted by Crippen LogP contribution is -2.49. The number of hydrogen-bond donors (Lipinski definition) is 0. The van der Waals surface area contributed by atoms with Gasteiger partial charge >= 0.3 is 0 Å². The van der Waals surface area contributed by atoms with Gasteiger partial charge in [-0.1, -0.05) is 15.9 Å². The molecule has 3 heteroatoms. The largest absolute Gasteiger partial charge is 0.294 e. The highest BCUT2D eigenvalue weighted by atomic mass is 79.9. The zero-order valence-electron chi connectivity index (χ0n) is 12.5. The lowest BCUT2D eigenvalue weighted by Gasteiger charge is -2.55. The topological polar surface area (TPSA) is 17.1 Å². The number of hydrogen-bond acceptors (Lipinski definition) is 1. The Bertz CT molecular complexity index is 614. The SMILES string of the molecule is O=C(/C=C/c1cc(Br)ccc1F)C12CC3CC(CC(C3)C1)C2. The van der Waals surface area contributed by atoms with E-state index in [0.29, 0.717) is 5.56 Å². The van der Waals surface area contributed by atoms with E-state index in [4.69, 9.17) is 0 Å². The first-order valence-corrected chi connectivity index (χ1v) is 9.01. The second-order valence-electron chi connectivity index (χ2n) is 7.56. The van der Waals surface area contributed by atoms with Crippen LogP contribution in [0.1, 0.15) is 44.1 Å². The van der Waals surface area contributed by atoms with Crippen molar-refractivity contribution < 1.29 is 9.18 Å². The Balaban J connectivity index is 1.57. The van der Waals surface area contributed by atoms with Crippen molar-refractivity contribution in [2.75, 3.05) is 0 Å². The smallest absolute Gasteiger partial charge is 0.161 e. The van der Waals surface area contributed by atoms with Crippen molar-refractivity contribution in [3.05, 3.63) is 40.1 Å². The van der Waals surface area contributed by atoms with Gasteiger partial charge in [-0.25, -0.2) is 4.39 Å². The number of allylic oxidation sites excluding steroid dienone is 1. The molecular weight excluding hydrogens is 343 g/mol. The van der Waals surface area contributed by atoms with Crippen molar-refractivity contribution >= 4 is 27.8 Å². The summed E-state index contributed by atoms with van der Waals surface area (Å²) in [4.78, 5) is 12.8. The molecule has 1 aromatic carbocycles. The first kappa shape index (κ1) is 14.6. The van der Waals surface area contributed by atoms with Gasteiger partial charge in [0.15, 0.2) is 5.78 Å². The van der Waals surface area contributed by atoms with Gasteiger partial charge in [-0.3, -0.25) is 4.79 Å². The Hall–Kier alpha value is -0.960. The van der Waals surface area contributed by atoms with E-state index in [9.17, 15) is 9.18 Å². The molecular formula is C19H20BrFO. The van der Waals surface area contributed by atoms with Crippen LogP contribution in [-0.2, 0) is 4.79 Å². The maximum atomic E-state index is 13.8. The van der Waals surface area contributed by atoms with Crippen LogP contribution in [0.4, 0.5) is 4.39 Å². The van der Waals surface area contributed by atoms with Crippen molar-refractivity contribution in [2.24, 2.45) is 23.2 Å². The molecule has 0 aliphatic heterocycles. The number of halogens is 2. The van der Waals surface area contributed by atoms with Crippen LogP contribution in [-0.4, -0.2) is 5.78 Å². The van der Waals surface area contributed by atoms with E-state index in [1.807, 2.05) is 0 Å². The van der Waals surface area contributed by atoms with Crippen LogP contribution in [0.5, 0.6) is 0 Å². The van der Waals surface area contributed by atoms with Gasteiger partial charge in [0, 0.05) is 15.5 Å². The normalized spacial score (nSPS) is 36.2. The summed E-state index contributed by atoms with van der Waals surface area (Å²) in [5, 5.41) is 0. The fraction of sp³-hybridized carbons (Fsp3) is 0.526. The molecule has 5 rings (SSSR count). The van der Waals surface area contributed by atoms with E-state index in [2.05, 4.69) is 15.9 Å². The van der Waals surface area contributed by atoms with Gasteiger partial charge in [-0.05, 0) is 86.6 Å². The molecule has 0 N–H and O–H groups in total. The molecule has 22 heavy (non-hydrogen) atoms. The molecule has 1 nitrogen and oxygen atoms in total. The van der Waals surface area contributed by atoms with Crippen LogP contribution in [0.25, 0.3) is 6.08 Å². The minimum Gasteiger partial charge on any atom is -0.294 e. The molecule has 0 unspecified atom stereocenters. The number of ketones is 1. The van der Waals surface area contributed by atoms with Crippen molar-refractivity contribution in [1.82, 2.24) is 0 Å². The standard InChI is InChI=1S/C19H20BrFO/c20-16-2-3-17(21)15(8-16)1-4-18(22)19-9-12-5-13(10-19)7-14(6-12)11-19/h1-4,8,12-14H,5-7,9-11H2/b4-1+. The van der Waals surface area contributed by atoms with E-state index in [0.717, 1.165) is 41.5 Å². The Kier molecular flexibility index (Phi) is 3.52. The van der Waals surface area contributed by atoms with Crippen LogP contribution in [0.15, 0.2) is 28.7 Å². The number of carbonyl (C=O) groups excluding carboxylic acids is 1. The number of benzene rings is 1. The summed E-state index contributed by atoms with van der Waals surface area (Å²) in [7, 11) is 0. The first-order valence-electron chi connectivity index (χ1n) is 8.22. The summed E-state index contributed by atoms with van der Waals surface area (Å²) >= 11 is 3.35. The average molecular weight is 363 g/mol. The van der Waals surface area contributed by atoms with Gasteiger partial charge in [0.1, 0.15) is 5.82 Å². The van der Waals surface area contributed by atoms with Gasteiger partial charge < -0.3 is 0 Å². The molecule has 4 saturated carbocycles. The van der Waals surface area contributed by atoms with E-state index in [1.165, 1.54) is 25.3 Å². The molecule has 0 aromatic heterocycles. The Morgan fingerprint density at radius 2 is 1.73 bits per heavy atom. The molecule has 1 aromatic rings. The summed E-state index contributed by atoms with van der Waals surface area (Å²) in [6.45, 7) is 0. The summed E-state index contributed by atoms with van der Waals surface area (Å²) < 4.78 is 14.6. The highest BCUT2D eigenvalue weighted by Gasteiger charge is 2.53. The van der Waals surface area contributed by atoms with Gasteiger partial charge in [0.05, 0.1) is 0 Å². The molecule has 0 atom stereocenters. The highest BCUT2D eigenvalue weighted by molar-refractivity contribution is 9.10. The van der Waals surface area contributed by atoms with Gasteiger partial charge in [0.2, 0.25) is 0 Å². The van der Waals surface area contributed by atoms with Crippen LogP contribution in [0.3, 0.4) is 0 Å². The second-order valence-corrected chi connectivity index (χ2v) is 8.48.